The molecular formula is C38H33N5O. The van der Waals surface area contributed by atoms with E-state index in [-0.39, 0.29) is 0 Å². The molecule has 4 heterocycles. The number of rotatable bonds is 5. The van der Waals surface area contributed by atoms with Gasteiger partial charge in [0.2, 0.25) is 0 Å². The summed E-state index contributed by atoms with van der Waals surface area (Å²) in [6.07, 6.45) is 1.91. The van der Waals surface area contributed by atoms with Crippen LogP contribution in [0.2, 0.25) is 0 Å². The molecule has 216 valence electrons. The maximum atomic E-state index is 6.57. The number of ether oxygens (including phenoxy) is 1. The molecule has 0 bridgehead atoms. The molecule has 3 aromatic heterocycles. The minimum Gasteiger partial charge on any atom is -0.457 e. The first-order valence-corrected chi connectivity index (χ1v) is 15.1. The van der Waals surface area contributed by atoms with Gasteiger partial charge in [-0.3, -0.25) is 4.57 Å². The van der Waals surface area contributed by atoms with Crippen LogP contribution in [0.3, 0.4) is 0 Å². The predicted octanol–water partition coefficient (Wildman–Crippen LogP) is 9.68. The molecule has 0 N–H and O–H groups in total. The van der Waals surface area contributed by atoms with Crippen LogP contribution < -0.4 is 9.64 Å². The van der Waals surface area contributed by atoms with E-state index in [1.54, 1.807) is 0 Å². The van der Waals surface area contributed by atoms with E-state index in [2.05, 4.69) is 139 Å². The summed E-state index contributed by atoms with van der Waals surface area (Å²) in [4.78, 5) is 12.0. The van der Waals surface area contributed by atoms with Gasteiger partial charge in [-0.05, 0) is 79.9 Å². The molecule has 44 heavy (non-hydrogen) atoms. The van der Waals surface area contributed by atoms with Gasteiger partial charge in [0.25, 0.3) is 0 Å². The molecule has 0 spiro atoms. The van der Waals surface area contributed by atoms with Gasteiger partial charge >= 0.3 is 0 Å². The van der Waals surface area contributed by atoms with Gasteiger partial charge in [-0.2, -0.15) is 0 Å². The van der Waals surface area contributed by atoms with Crippen LogP contribution in [-0.2, 0) is 6.67 Å². The summed E-state index contributed by atoms with van der Waals surface area (Å²) in [6.45, 7) is 9.34. The minimum absolute atomic E-state index is 0.413. The Bertz CT molecular complexity index is 2210. The fraction of sp³-hybridized carbons (Fsp3) is 0.158. The molecule has 1 aliphatic heterocycles. The van der Waals surface area contributed by atoms with E-state index in [1.807, 2.05) is 12.3 Å². The first-order chi connectivity index (χ1) is 21.5. The average Bonchev–Trinajstić information content (AvgIpc) is 3.53. The number of hydrogen-bond donors (Lipinski definition) is 0. The quantitative estimate of drug-likeness (QED) is 0.205. The number of hydrogen-bond acceptors (Lipinski definition) is 4. The Kier molecular flexibility index (Phi) is 6.05. The largest absolute Gasteiger partial charge is 0.457 e. The second-order valence-electron chi connectivity index (χ2n) is 11.9. The van der Waals surface area contributed by atoms with E-state index in [0.717, 1.165) is 56.8 Å². The van der Waals surface area contributed by atoms with Crippen LogP contribution in [0, 0.1) is 13.8 Å². The molecule has 0 radical (unpaired) electrons. The van der Waals surface area contributed by atoms with Crippen molar-refractivity contribution in [2.75, 3.05) is 4.90 Å². The van der Waals surface area contributed by atoms with Crippen molar-refractivity contribution in [3.63, 3.8) is 0 Å². The summed E-state index contributed by atoms with van der Waals surface area (Å²) in [7, 11) is 0. The molecule has 7 aromatic rings. The lowest BCUT2D eigenvalue weighted by Crippen LogP contribution is -2.26. The smallest absolute Gasteiger partial charge is 0.144 e. The van der Waals surface area contributed by atoms with Gasteiger partial charge < -0.3 is 14.2 Å². The number of aryl methyl sites for hydroxylation is 1. The molecule has 0 amide bonds. The topological polar surface area (TPSA) is 48.1 Å². The van der Waals surface area contributed by atoms with Crippen molar-refractivity contribution >= 4 is 33.2 Å². The molecule has 0 atom stereocenters. The average molecular weight is 576 g/mol. The van der Waals surface area contributed by atoms with E-state index in [4.69, 9.17) is 14.7 Å². The molecule has 0 fully saturated rings. The van der Waals surface area contributed by atoms with E-state index in [0.29, 0.717) is 12.6 Å². The molecule has 1 aliphatic rings. The van der Waals surface area contributed by atoms with Crippen LogP contribution in [0.5, 0.6) is 11.5 Å². The normalized spacial score (nSPS) is 12.6. The van der Waals surface area contributed by atoms with Crippen molar-refractivity contribution in [3.05, 3.63) is 126 Å². The number of fused-ring (bicyclic) bond motifs is 6. The zero-order valence-corrected chi connectivity index (χ0v) is 25.3. The molecular weight excluding hydrogens is 542 g/mol. The fourth-order valence-corrected chi connectivity index (χ4v) is 6.40. The Morgan fingerprint density at radius 1 is 0.750 bits per heavy atom. The zero-order valence-electron chi connectivity index (χ0n) is 25.3. The van der Waals surface area contributed by atoms with Gasteiger partial charge in [0.05, 0.1) is 22.4 Å². The van der Waals surface area contributed by atoms with E-state index in [1.165, 1.54) is 22.0 Å². The number of pyridine rings is 1. The Labute approximate surface area is 256 Å². The third kappa shape index (κ3) is 4.17. The van der Waals surface area contributed by atoms with E-state index < -0.39 is 0 Å². The van der Waals surface area contributed by atoms with Gasteiger partial charge in [0.15, 0.2) is 0 Å². The highest BCUT2D eigenvalue weighted by Crippen LogP contribution is 2.42. The lowest BCUT2D eigenvalue weighted by atomic mass is 10.1. The molecule has 6 heteroatoms. The maximum absolute atomic E-state index is 6.57. The minimum atomic E-state index is 0.413. The summed E-state index contributed by atoms with van der Waals surface area (Å²) >= 11 is 0. The van der Waals surface area contributed by atoms with E-state index >= 15 is 0 Å². The Balaban J connectivity index is 1.19. The summed E-state index contributed by atoms with van der Waals surface area (Å²) in [5.74, 6) is 3.91. The second-order valence-corrected chi connectivity index (χ2v) is 11.9. The second kappa shape index (κ2) is 10.1. The standard InChI is InChI=1S/C38H33N5O/c1-24(2)27-18-19-39-37(20-27)43-35-15-8-5-12-31(35)32-17-16-30(22-36(32)43)44-29-11-9-10-28(21-29)42-23-41-26(4)25(3)40-38(41)33-13-6-7-14-34(33)42/h5-22,24H,23H2,1-4H3. The molecule has 0 saturated heterocycles. The van der Waals surface area contributed by atoms with Crippen molar-refractivity contribution in [3.8, 4) is 28.7 Å². The monoisotopic (exact) mass is 575 g/mol. The van der Waals surface area contributed by atoms with Crippen molar-refractivity contribution in [1.29, 1.82) is 0 Å². The van der Waals surface area contributed by atoms with Crippen LogP contribution in [0.25, 0.3) is 39.0 Å². The van der Waals surface area contributed by atoms with Gasteiger partial charge in [-0.15, -0.1) is 0 Å². The summed E-state index contributed by atoms with van der Waals surface area (Å²) in [6, 6.07) is 36.0. The van der Waals surface area contributed by atoms with Crippen LogP contribution in [0.1, 0.15) is 36.7 Å². The molecule has 0 unspecified atom stereocenters. The zero-order chi connectivity index (χ0) is 29.9. The third-order valence-electron chi connectivity index (χ3n) is 8.85. The summed E-state index contributed by atoms with van der Waals surface area (Å²) < 4.78 is 11.1. The lowest BCUT2D eigenvalue weighted by Gasteiger charge is -2.33. The number of benzene rings is 4. The van der Waals surface area contributed by atoms with E-state index in [9.17, 15) is 0 Å². The lowest BCUT2D eigenvalue weighted by molar-refractivity contribution is 0.483. The highest BCUT2D eigenvalue weighted by molar-refractivity contribution is 6.09. The molecule has 0 saturated carbocycles. The third-order valence-corrected chi connectivity index (χ3v) is 8.85. The number of nitrogens with zero attached hydrogens (tertiary/aromatic N) is 5. The first kappa shape index (κ1) is 26.3. The predicted molar refractivity (Wildman–Crippen MR) is 178 cm³/mol. The van der Waals surface area contributed by atoms with Gasteiger partial charge in [-0.25, -0.2) is 9.97 Å². The number of imidazole rings is 1. The number of anilines is 2. The van der Waals surface area contributed by atoms with Gasteiger partial charge in [-0.1, -0.05) is 50.2 Å². The highest BCUT2D eigenvalue weighted by Gasteiger charge is 2.26. The highest BCUT2D eigenvalue weighted by atomic mass is 16.5. The van der Waals surface area contributed by atoms with Crippen LogP contribution in [0.15, 0.2) is 109 Å². The first-order valence-electron chi connectivity index (χ1n) is 15.1. The van der Waals surface area contributed by atoms with Crippen molar-refractivity contribution < 1.29 is 4.74 Å². The van der Waals surface area contributed by atoms with Crippen LogP contribution in [0.4, 0.5) is 11.4 Å². The summed E-state index contributed by atoms with van der Waals surface area (Å²) in [5.41, 5.74) is 9.05. The maximum Gasteiger partial charge on any atom is 0.144 e. The van der Waals surface area contributed by atoms with Gasteiger partial charge in [0, 0.05) is 46.0 Å². The molecule has 8 rings (SSSR count). The SMILES string of the molecule is Cc1nc2n(c1C)CN(c1cccc(Oc3ccc4c5ccccc5n(-c5cc(C(C)C)ccn5)c4c3)c1)c1ccccc1-2. The summed E-state index contributed by atoms with van der Waals surface area (Å²) in [5, 5.41) is 2.37. The Hall–Kier alpha value is -5.36. The van der Waals surface area contributed by atoms with Crippen LogP contribution >= 0.6 is 0 Å². The number of aromatic nitrogens is 4. The Morgan fingerprint density at radius 3 is 2.43 bits per heavy atom. The molecule has 4 aromatic carbocycles. The van der Waals surface area contributed by atoms with Gasteiger partial charge in [0.1, 0.15) is 29.8 Å². The van der Waals surface area contributed by atoms with Crippen LogP contribution in [-0.4, -0.2) is 19.1 Å². The fourth-order valence-electron chi connectivity index (χ4n) is 6.40. The van der Waals surface area contributed by atoms with Crippen molar-refractivity contribution in [1.82, 2.24) is 19.1 Å². The van der Waals surface area contributed by atoms with Crippen molar-refractivity contribution in [2.24, 2.45) is 0 Å². The van der Waals surface area contributed by atoms with Crippen molar-refractivity contribution in [2.45, 2.75) is 40.3 Å². The number of para-hydroxylation sites is 2. The molecule has 6 nitrogen and oxygen atoms in total. The Morgan fingerprint density at radius 2 is 1.55 bits per heavy atom. The molecule has 0 aliphatic carbocycles.